The van der Waals surface area contributed by atoms with Crippen molar-refractivity contribution in [1.82, 2.24) is 9.80 Å². The molecular weight excluding hydrogens is 360 g/mol. The van der Waals surface area contributed by atoms with E-state index in [4.69, 9.17) is 16.3 Å². The molecule has 2 aromatic carbocycles. The lowest BCUT2D eigenvalue weighted by Gasteiger charge is -2.24. The maximum Gasteiger partial charge on any atom is 0.165 e. The quantitative estimate of drug-likeness (QED) is 0.845. The Morgan fingerprint density at radius 2 is 2.07 bits per heavy atom. The number of fused-ring (bicyclic) bond motifs is 1. The van der Waals surface area contributed by atoms with Gasteiger partial charge < -0.3 is 14.7 Å². The van der Waals surface area contributed by atoms with Crippen LogP contribution in [0, 0.1) is 0 Å². The summed E-state index contributed by atoms with van der Waals surface area (Å²) in [6.45, 7) is 4.57. The highest BCUT2D eigenvalue weighted by molar-refractivity contribution is 6.30. The van der Waals surface area contributed by atoms with Crippen LogP contribution in [-0.2, 0) is 6.54 Å². The Morgan fingerprint density at radius 1 is 1.19 bits per heavy atom. The third-order valence-electron chi connectivity index (χ3n) is 5.80. The molecule has 2 heterocycles. The molecule has 0 saturated carbocycles. The van der Waals surface area contributed by atoms with E-state index in [1.54, 1.807) is 6.07 Å². The zero-order valence-corrected chi connectivity index (χ0v) is 16.6. The average molecular weight is 387 g/mol. The Morgan fingerprint density at radius 3 is 2.85 bits per heavy atom. The van der Waals surface area contributed by atoms with Crippen molar-refractivity contribution in [2.75, 3.05) is 33.3 Å². The van der Waals surface area contributed by atoms with Gasteiger partial charge in [-0.15, -0.1) is 0 Å². The zero-order chi connectivity index (χ0) is 18.8. The molecule has 1 atom stereocenters. The van der Waals surface area contributed by atoms with Gasteiger partial charge in [0.15, 0.2) is 11.5 Å². The van der Waals surface area contributed by atoms with E-state index in [1.165, 1.54) is 25.8 Å². The predicted molar refractivity (Wildman–Crippen MR) is 110 cm³/mol. The van der Waals surface area contributed by atoms with Crippen molar-refractivity contribution >= 4 is 11.6 Å². The molecule has 2 aliphatic heterocycles. The Balaban J connectivity index is 1.53. The van der Waals surface area contributed by atoms with Gasteiger partial charge in [-0.3, -0.25) is 4.90 Å². The molecule has 4 nitrogen and oxygen atoms in total. The van der Waals surface area contributed by atoms with E-state index in [2.05, 4.69) is 22.9 Å². The van der Waals surface area contributed by atoms with Gasteiger partial charge in [-0.25, -0.2) is 0 Å². The minimum Gasteiger partial charge on any atom is -0.504 e. The second-order valence-electron chi connectivity index (χ2n) is 7.68. The number of benzene rings is 2. The first-order valence-corrected chi connectivity index (χ1v) is 10.1. The van der Waals surface area contributed by atoms with Crippen molar-refractivity contribution in [1.29, 1.82) is 0 Å². The summed E-state index contributed by atoms with van der Waals surface area (Å²) in [7, 11) is 2.23. The molecule has 0 radical (unpaired) electrons. The van der Waals surface area contributed by atoms with Crippen LogP contribution >= 0.6 is 11.6 Å². The number of halogens is 1. The van der Waals surface area contributed by atoms with Gasteiger partial charge in [0.1, 0.15) is 6.61 Å². The zero-order valence-electron chi connectivity index (χ0n) is 15.8. The van der Waals surface area contributed by atoms with E-state index in [9.17, 15) is 5.11 Å². The summed E-state index contributed by atoms with van der Waals surface area (Å²) < 4.78 is 5.89. The lowest BCUT2D eigenvalue weighted by atomic mass is 10.0. The lowest BCUT2D eigenvalue weighted by molar-refractivity contribution is 0.197. The summed E-state index contributed by atoms with van der Waals surface area (Å²) in [4.78, 5) is 4.92. The van der Waals surface area contributed by atoms with Crippen molar-refractivity contribution in [2.45, 2.75) is 31.8 Å². The highest BCUT2D eigenvalue weighted by Crippen LogP contribution is 2.38. The third kappa shape index (κ3) is 4.23. The van der Waals surface area contributed by atoms with Crippen LogP contribution in [0.25, 0.3) is 11.1 Å². The predicted octanol–water partition coefficient (Wildman–Crippen LogP) is 4.39. The van der Waals surface area contributed by atoms with Crippen LogP contribution in [-0.4, -0.2) is 54.2 Å². The molecule has 2 aromatic rings. The molecule has 4 rings (SSSR count). The molecule has 5 heteroatoms. The fourth-order valence-electron chi connectivity index (χ4n) is 4.25. The van der Waals surface area contributed by atoms with Crippen LogP contribution in [0.2, 0.25) is 5.02 Å². The van der Waals surface area contributed by atoms with Gasteiger partial charge in [0.2, 0.25) is 0 Å². The number of likely N-dealkylation sites (tertiary alicyclic amines) is 1. The van der Waals surface area contributed by atoms with Gasteiger partial charge in [0.05, 0.1) is 0 Å². The van der Waals surface area contributed by atoms with Crippen molar-refractivity contribution in [2.24, 2.45) is 0 Å². The number of nitrogens with zero attached hydrogens (tertiary/aromatic N) is 2. The smallest absolute Gasteiger partial charge is 0.165 e. The van der Waals surface area contributed by atoms with E-state index in [0.29, 0.717) is 23.4 Å². The number of rotatable bonds is 4. The maximum atomic E-state index is 10.5. The van der Waals surface area contributed by atoms with E-state index < -0.39 is 0 Å². The van der Waals surface area contributed by atoms with E-state index in [0.717, 1.165) is 36.3 Å². The molecule has 0 aromatic heterocycles. The standard InChI is InChI=1S/C22H27ClN2O2/c1-24-8-3-6-20(24)7-9-25-10-11-27-22-18(15-25)12-17(14-21(22)26)16-4-2-5-19(23)13-16/h2,4-5,12-14,20,26H,3,6-11,15H2,1H3/t20-/m1/s1. The summed E-state index contributed by atoms with van der Waals surface area (Å²) in [6.07, 6.45) is 3.80. The topological polar surface area (TPSA) is 35.9 Å². The van der Waals surface area contributed by atoms with Crippen LogP contribution in [0.5, 0.6) is 11.5 Å². The van der Waals surface area contributed by atoms with Crippen LogP contribution in [0.4, 0.5) is 0 Å². The average Bonchev–Trinajstić information content (AvgIpc) is 2.94. The van der Waals surface area contributed by atoms with Crippen molar-refractivity contribution in [3.8, 4) is 22.6 Å². The summed E-state index contributed by atoms with van der Waals surface area (Å²) >= 11 is 6.14. The van der Waals surface area contributed by atoms with Crippen LogP contribution in [0.3, 0.4) is 0 Å². The van der Waals surface area contributed by atoms with Gasteiger partial charge in [0.25, 0.3) is 0 Å². The number of ether oxygens (including phenoxy) is 1. The van der Waals surface area contributed by atoms with Gasteiger partial charge in [0, 0.05) is 36.3 Å². The summed E-state index contributed by atoms with van der Waals surface area (Å²) in [5.74, 6) is 0.834. The number of phenols is 1. The van der Waals surface area contributed by atoms with Gasteiger partial charge >= 0.3 is 0 Å². The van der Waals surface area contributed by atoms with Gasteiger partial charge in [-0.1, -0.05) is 23.7 Å². The summed E-state index contributed by atoms with van der Waals surface area (Å²) in [6, 6.07) is 12.3. The van der Waals surface area contributed by atoms with E-state index in [1.807, 2.05) is 24.3 Å². The molecule has 2 aliphatic rings. The number of aromatic hydroxyl groups is 1. The SMILES string of the molecule is CN1CCC[C@@H]1CCN1CCOc2c(O)cc(-c3cccc(Cl)c3)cc2C1. The second kappa shape index (κ2) is 8.09. The summed E-state index contributed by atoms with van der Waals surface area (Å²) in [5, 5.41) is 11.2. The number of phenolic OH excluding ortho intramolecular Hbond substituents is 1. The highest BCUT2D eigenvalue weighted by Gasteiger charge is 2.24. The first kappa shape index (κ1) is 18.6. The fraction of sp³-hybridized carbons (Fsp3) is 0.455. The van der Waals surface area contributed by atoms with Crippen molar-refractivity contribution in [3.05, 3.63) is 47.0 Å². The minimum absolute atomic E-state index is 0.208. The van der Waals surface area contributed by atoms with Crippen molar-refractivity contribution < 1.29 is 9.84 Å². The molecule has 1 fully saturated rings. The van der Waals surface area contributed by atoms with Crippen LogP contribution in [0.1, 0.15) is 24.8 Å². The summed E-state index contributed by atoms with van der Waals surface area (Å²) in [5.41, 5.74) is 3.01. The van der Waals surface area contributed by atoms with Crippen LogP contribution < -0.4 is 4.74 Å². The van der Waals surface area contributed by atoms with Crippen molar-refractivity contribution in [3.63, 3.8) is 0 Å². The largest absolute Gasteiger partial charge is 0.504 e. The van der Waals surface area contributed by atoms with Gasteiger partial charge in [-0.2, -0.15) is 0 Å². The first-order chi connectivity index (χ1) is 13.1. The molecule has 144 valence electrons. The lowest BCUT2D eigenvalue weighted by Crippen LogP contribution is -2.32. The maximum absolute atomic E-state index is 10.5. The molecule has 0 aliphatic carbocycles. The molecule has 1 saturated heterocycles. The Kier molecular flexibility index (Phi) is 5.58. The minimum atomic E-state index is 0.208. The molecule has 27 heavy (non-hydrogen) atoms. The number of hydrogen-bond donors (Lipinski definition) is 1. The number of hydrogen-bond acceptors (Lipinski definition) is 4. The fourth-order valence-corrected chi connectivity index (χ4v) is 4.44. The highest BCUT2D eigenvalue weighted by atomic mass is 35.5. The molecule has 0 spiro atoms. The molecule has 0 bridgehead atoms. The Hall–Kier alpha value is -1.75. The molecule has 0 unspecified atom stereocenters. The molecule has 0 amide bonds. The van der Waals surface area contributed by atoms with Gasteiger partial charge in [-0.05, 0) is 68.2 Å². The molecular formula is C22H27ClN2O2. The third-order valence-corrected chi connectivity index (χ3v) is 6.04. The van der Waals surface area contributed by atoms with Crippen LogP contribution in [0.15, 0.2) is 36.4 Å². The normalized spacial score (nSPS) is 20.9. The molecule has 1 N–H and O–H groups in total. The van der Waals surface area contributed by atoms with E-state index in [-0.39, 0.29) is 5.75 Å². The second-order valence-corrected chi connectivity index (χ2v) is 8.12. The Bertz CT molecular complexity index is 811. The monoisotopic (exact) mass is 386 g/mol. The first-order valence-electron chi connectivity index (χ1n) is 9.77. The Labute approximate surface area is 166 Å². The van der Waals surface area contributed by atoms with E-state index >= 15 is 0 Å².